The zero-order valence-corrected chi connectivity index (χ0v) is 25.2. The van der Waals surface area contributed by atoms with E-state index in [4.69, 9.17) is 28.4 Å². The highest BCUT2D eigenvalue weighted by molar-refractivity contribution is 5.69. The van der Waals surface area contributed by atoms with Gasteiger partial charge in [-0.2, -0.15) is 0 Å². The van der Waals surface area contributed by atoms with Crippen LogP contribution in [0.4, 0.5) is 0 Å². The number of rotatable bonds is 18. The Bertz CT molecular complexity index is 727. The van der Waals surface area contributed by atoms with Gasteiger partial charge in [0.1, 0.15) is 13.2 Å². The topological polar surface area (TPSA) is 72.5 Å². The third kappa shape index (κ3) is 18.5. The van der Waals surface area contributed by atoms with Gasteiger partial charge in [0.05, 0.1) is 39.6 Å². The fraction of sp³-hybridized carbons (Fsp3) is 0.788. The van der Waals surface area contributed by atoms with E-state index in [9.17, 15) is 4.79 Å². The van der Waals surface area contributed by atoms with Gasteiger partial charge < -0.3 is 28.4 Å². The molecule has 0 aliphatic carbocycles. The van der Waals surface area contributed by atoms with E-state index in [1.807, 2.05) is 24.3 Å². The van der Waals surface area contributed by atoms with Crippen LogP contribution in [0.5, 0.6) is 11.5 Å². The molecule has 1 aliphatic heterocycles. The smallest absolute Gasteiger partial charge is 0.305 e. The van der Waals surface area contributed by atoms with E-state index in [0.717, 1.165) is 12.8 Å². The first-order valence-corrected chi connectivity index (χ1v) is 16.1. The Morgan fingerprint density at radius 1 is 0.675 bits per heavy atom. The fourth-order valence-electron chi connectivity index (χ4n) is 4.73. The molecule has 0 bridgehead atoms. The zero-order chi connectivity index (χ0) is 28.4. The second-order valence-electron chi connectivity index (χ2n) is 10.7. The van der Waals surface area contributed by atoms with Crippen LogP contribution in [0.2, 0.25) is 0 Å². The Balaban J connectivity index is 1.56. The number of esters is 1. The molecule has 40 heavy (non-hydrogen) atoms. The summed E-state index contributed by atoms with van der Waals surface area (Å²) in [6.07, 6.45) is 19.6. The third-order valence-electron chi connectivity index (χ3n) is 7.09. The summed E-state index contributed by atoms with van der Waals surface area (Å²) >= 11 is 0. The second kappa shape index (κ2) is 24.9. The largest absolute Gasteiger partial charge is 0.487 e. The van der Waals surface area contributed by atoms with Crippen molar-refractivity contribution in [3.05, 3.63) is 24.3 Å². The summed E-state index contributed by atoms with van der Waals surface area (Å²) in [4.78, 5) is 12.4. The SMILES string of the molecule is CCCCCCCCCCCCCCCCCC(=O)OCC1COCCOCCOCCOc2ccccc2O1. The molecule has 0 N–H and O–H groups in total. The normalized spacial score (nSPS) is 17.1. The minimum atomic E-state index is -0.434. The molecule has 230 valence electrons. The summed E-state index contributed by atoms with van der Waals surface area (Å²) < 4.78 is 34.3. The van der Waals surface area contributed by atoms with Gasteiger partial charge in [-0.3, -0.25) is 4.79 Å². The molecule has 0 radical (unpaired) electrons. The molecule has 0 fully saturated rings. The van der Waals surface area contributed by atoms with Gasteiger partial charge in [-0.05, 0) is 18.6 Å². The molecular weight excluding hydrogens is 508 g/mol. The van der Waals surface area contributed by atoms with Gasteiger partial charge >= 0.3 is 5.97 Å². The summed E-state index contributed by atoms with van der Waals surface area (Å²) in [6, 6.07) is 7.49. The molecule has 0 aromatic heterocycles. The van der Waals surface area contributed by atoms with Crippen molar-refractivity contribution in [1.82, 2.24) is 0 Å². The average molecular weight is 565 g/mol. The summed E-state index contributed by atoms with van der Waals surface area (Å²) in [5.41, 5.74) is 0. The average Bonchev–Trinajstić information content (AvgIpc) is 2.97. The number of benzene rings is 1. The summed E-state index contributed by atoms with van der Waals surface area (Å²) in [5.74, 6) is 1.05. The quantitative estimate of drug-likeness (QED) is 0.134. The minimum Gasteiger partial charge on any atom is -0.487 e. The Hall–Kier alpha value is -1.83. The van der Waals surface area contributed by atoms with Crippen LogP contribution in [0.25, 0.3) is 0 Å². The predicted molar refractivity (Wildman–Crippen MR) is 159 cm³/mol. The Labute approximate surface area is 243 Å². The van der Waals surface area contributed by atoms with Gasteiger partial charge in [-0.15, -0.1) is 0 Å². The molecule has 1 aromatic carbocycles. The van der Waals surface area contributed by atoms with Crippen molar-refractivity contribution in [2.75, 3.05) is 52.9 Å². The van der Waals surface area contributed by atoms with E-state index in [1.165, 1.54) is 83.5 Å². The molecule has 1 atom stereocenters. The number of carbonyl (C=O) groups is 1. The van der Waals surface area contributed by atoms with Crippen molar-refractivity contribution in [3.8, 4) is 11.5 Å². The molecule has 0 saturated carbocycles. The van der Waals surface area contributed by atoms with Crippen LogP contribution in [0.3, 0.4) is 0 Å². The zero-order valence-electron chi connectivity index (χ0n) is 25.2. The predicted octanol–water partition coefficient (Wildman–Crippen LogP) is 7.68. The number of para-hydroxylation sites is 2. The number of hydrogen-bond acceptors (Lipinski definition) is 7. The summed E-state index contributed by atoms with van der Waals surface area (Å²) in [5, 5.41) is 0. The number of fused-ring (bicyclic) bond motifs is 1. The lowest BCUT2D eigenvalue weighted by atomic mass is 10.0. The van der Waals surface area contributed by atoms with E-state index in [0.29, 0.717) is 64.2 Å². The van der Waals surface area contributed by atoms with Crippen LogP contribution < -0.4 is 9.47 Å². The molecule has 0 spiro atoms. The first kappa shape index (κ1) is 34.4. The highest BCUT2D eigenvalue weighted by Gasteiger charge is 2.17. The van der Waals surface area contributed by atoms with Gasteiger partial charge in [0, 0.05) is 6.42 Å². The van der Waals surface area contributed by atoms with Gasteiger partial charge in [-0.1, -0.05) is 109 Å². The first-order chi connectivity index (χ1) is 19.8. The van der Waals surface area contributed by atoms with Crippen LogP contribution >= 0.6 is 0 Å². The Kier molecular flexibility index (Phi) is 21.4. The highest BCUT2D eigenvalue weighted by atomic mass is 16.6. The number of unbranched alkanes of at least 4 members (excludes halogenated alkanes) is 14. The molecule has 7 nitrogen and oxygen atoms in total. The molecule has 1 unspecified atom stereocenters. The Morgan fingerprint density at radius 3 is 1.77 bits per heavy atom. The van der Waals surface area contributed by atoms with Crippen LogP contribution in [0.15, 0.2) is 24.3 Å². The van der Waals surface area contributed by atoms with Crippen LogP contribution in [0, 0.1) is 0 Å². The van der Waals surface area contributed by atoms with Crippen molar-refractivity contribution < 1.29 is 33.2 Å². The maximum Gasteiger partial charge on any atom is 0.305 e. The fourth-order valence-corrected chi connectivity index (χ4v) is 4.73. The number of carbonyl (C=O) groups excluding carboxylic acids is 1. The molecule has 0 amide bonds. The second-order valence-corrected chi connectivity index (χ2v) is 10.7. The third-order valence-corrected chi connectivity index (χ3v) is 7.09. The molecule has 0 saturated heterocycles. The van der Waals surface area contributed by atoms with Crippen molar-refractivity contribution in [2.24, 2.45) is 0 Å². The molecule has 1 aromatic rings. The van der Waals surface area contributed by atoms with Crippen LogP contribution in [-0.2, 0) is 23.7 Å². The van der Waals surface area contributed by atoms with Crippen molar-refractivity contribution in [2.45, 2.75) is 116 Å². The highest BCUT2D eigenvalue weighted by Crippen LogP contribution is 2.27. The maximum absolute atomic E-state index is 12.4. The first-order valence-electron chi connectivity index (χ1n) is 16.1. The lowest BCUT2D eigenvalue weighted by Crippen LogP contribution is -2.30. The van der Waals surface area contributed by atoms with E-state index in [1.54, 1.807) is 0 Å². The van der Waals surface area contributed by atoms with E-state index >= 15 is 0 Å². The van der Waals surface area contributed by atoms with Crippen molar-refractivity contribution in [3.63, 3.8) is 0 Å². The number of hydrogen-bond donors (Lipinski definition) is 0. The standard InChI is InChI=1S/C33H56O7/c1-2-3-4-5-6-7-8-9-10-11-12-13-14-15-16-21-33(34)39-29-30-28-37-25-24-35-22-23-36-26-27-38-31-19-17-18-20-32(31)40-30/h17-20,30H,2-16,21-29H2,1H3. The molecule has 7 heteroatoms. The van der Waals surface area contributed by atoms with E-state index < -0.39 is 6.10 Å². The summed E-state index contributed by atoms with van der Waals surface area (Å²) in [7, 11) is 0. The lowest BCUT2D eigenvalue weighted by molar-refractivity contribution is -0.147. The molecule has 1 heterocycles. The van der Waals surface area contributed by atoms with Crippen LogP contribution in [-0.4, -0.2) is 64.9 Å². The van der Waals surface area contributed by atoms with E-state index in [-0.39, 0.29) is 12.6 Å². The summed E-state index contributed by atoms with van der Waals surface area (Å²) in [6.45, 7) is 5.51. The van der Waals surface area contributed by atoms with E-state index in [2.05, 4.69) is 6.92 Å². The monoisotopic (exact) mass is 564 g/mol. The molecular formula is C33H56O7. The number of ether oxygens (including phenoxy) is 6. The maximum atomic E-state index is 12.4. The molecule has 1 aliphatic rings. The van der Waals surface area contributed by atoms with Gasteiger partial charge in [0.2, 0.25) is 0 Å². The minimum absolute atomic E-state index is 0.135. The van der Waals surface area contributed by atoms with Crippen LogP contribution in [0.1, 0.15) is 110 Å². The van der Waals surface area contributed by atoms with Gasteiger partial charge in [-0.25, -0.2) is 0 Å². The Morgan fingerprint density at radius 2 is 1.18 bits per heavy atom. The van der Waals surface area contributed by atoms with Crippen molar-refractivity contribution >= 4 is 5.97 Å². The molecule has 2 rings (SSSR count). The lowest BCUT2D eigenvalue weighted by Gasteiger charge is -2.21. The van der Waals surface area contributed by atoms with Gasteiger partial charge in [0.15, 0.2) is 17.6 Å². The van der Waals surface area contributed by atoms with Crippen molar-refractivity contribution in [1.29, 1.82) is 0 Å². The van der Waals surface area contributed by atoms with Gasteiger partial charge in [0.25, 0.3) is 0 Å².